The van der Waals surface area contributed by atoms with E-state index in [1.165, 1.54) is 25.3 Å². The van der Waals surface area contributed by atoms with Gasteiger partial charge in [0, 0.05) is 36.8 Å². The number of amides is 1. The number of nitrogens with zero attached hydrogens (tertiary/aromatic N) is 1. The van der Waals surface area contributed by atoms with E-state index in [0.717, 1.165) is 50.0 Å². The van der Waals surface area contributed by atoms with Crippen molar-refractivity contribution in [3.63, 3.8) is 0 Å². The molecule has 0 radical (unpaired) electrons. The number of nitrogens with two attached hydrogens (primary N) is 1. The van der Waals surface area contributed by atoms with Gasteiger partial charge in [0.15, 0.2) is 0 Å². The van der Waals surface area contributed by atoms with Gasteiger partial charge in [-0.2, -0.15) is 0 Å². The molecule has 4 nitrogen and oxygen atoms in total. The number of halogens is 1. The first kappa shape index (κ1) is 18.7. The quantitative estimate of drug-likeness (QED) is 0.854. The number of fused-ring (bicyclic) bond motifs is 2. The summed E-state index contributed by atoms with van der Waals surface area (Å²) in [5.41, 5.74) is 8.41. The van der Waals surface area contributed by atoms with Crippen LogP contribution in [-0.4, -0.2) is 31.1 Å². The summed E-state index contributed by atoms with van der Waals surface area (Å²) in [5, 5.41) is 3.33. The molecule has 3 N–H and O–H groups in total. The van der Waals surface area contributed by atoms with E-state index in [9.17, 15) is 9.18 Å². The van der Waals surface area contributed by atoms with Gasteiger partial charge in [-0.05, 0) is 81.0 Å². The molecule has 27 heavy (non-hydrogen) atoms. The summed E-state index contributed by atoms with van der Waals surface area (Å²) in [4.78, 5) is 15.2. The molecule has 1 heterocycles. The average Bonchev–Trinajstić information content (AvgIpc) is 2.61. The smallest absolute Gasteiger partial charge is 0.223 e. The van der Waals surface area contributed by atoms with E-state index in [2.05, 4.69) is 10.2 Å². The molecule has 1 aromatic carbocycles. The maximum atomic E-state index is 13.4. The fourth-order valence-electron chi connectivity index (χ4n) is 5.61. The lowest BCUT2D eigenvalue weighted by atomic mass is 9.65. The molecule has 3 atom stereocenters. The molecule has 1 aromatic rings. The Morgan fingerprint density at radius 3 is 2.63 bits per heavy atom. The van der Waals surface area contributed by atoms with Crippen LogP contribution in [0.15, 0.2) is 18.2 Å². The third-order valence-electron chi connectivity index (χ3n) is 7.05. The summed E-state index contributed by atoms with van der Waals surface area (Å²) in [6, 6.07) is 5.44. The zero-order chi connectivity index (χ0) is 19.0. The van der Waals surface area contributed by atoms with Crippen LogP contribution in [-0.2, 0) is 4.79 Å². The van der Waals surface area contributed by atoms with Gasteiger partial charge in [-0.1, -0.05) is 6.42 Å². The maximum Gasteiger partial charge on any atom is 0.223 e. The molecule has 2 aliphatic carbocycles. The summed E-state index contributed by atoms with van der Waals surface area (Å²) < 4.78 is 13.4. The van der Waals surface area contributed by atoms with E-state index in [0.29, 0.717) is 17.9 Å². The number of hydrogen-bond acceptors (Lipinski definition) is 3. The highest BCUT2D eigenvalue weighted by atomic mass is 19.1. The van der Waals surface area contributed by atoms with Crippen LogP contribution in [0.3, 0.4) is 0 Å². The molecule has 3 unspecified atom stereocenters. The van der Waals surface area contributed by atoms with E-state index in [1.54, 1.807) is 6.07 Å². The highest BCUT2D eigenvalue weighted by Gasteiger charge is 2.41. The number of aryl methyl sites for hydroxylation is 1. The van der Waals surface area contributed by atoms with E-state index >= 15 is 0 Å². The van der Waals surface area contributed by atoms with Crippen LogP contribution in [0.1, 0.15) is 50.5 Å². The van der Waals surface area contributed by atoms with Gasteiger partial charge < -0.3 is 16.0 Å². The van der Waals surface area contributed by atoms with Crippen molar-refractivity contribution in [2.75, 3.05) is 18.0 Å². The fourth-order valence-corrected chi connectivity index (χ4v) is 5.61. The standard InChI is InChI=1S/C22H32FN3O/c1-14-10-18(23)7-8-20(14)26-9-3-6-19(13-26)25-22(27)17-11-15-4-2-5-16(12-17)21(15)24/h7-8,10,15-17,19,21H,2-6,9,11-13,24H2,1H3,(H,25,27). The van der Waals surface area contributed by atoms with Crippen LogP contribution in [0.4, 0.5) is 10.1 Å². The van der Waals surface area contributed by atoms with Crippen LogP contribution >= 0.6 is 0 Å². The molecule has 3 aliphatic rings. The number of rotatable bonds is 3. The van der Waals surface area contributed by atoms with Crippen molar-refractivity contribution in [1.29, 1.82) is 0 Å². The van der Waals surface area contributed by atoms with Crippen molar-refractivity contribution < 1.29 is 9.18 Å². The molecule has 1 saturated heterocycles. The van der Waals surface area contributed by atoms with Crippen LogP contribution in [0.25, 0.3) is 0 Å². The molecular weight excluding hydrogens is 341 g/mol. The van der Waals surface area contributed by atoms with Gasteiger partial charge in [-0.3, -0.25) is 4.79 Å². The third-order valence-corrected chi connectivity index (χ3v) is 7.05. The molecule has 4 rings (SSSR count). The van der Waals surface area contributed by atoms with Crippen molar-refractivity contribution in [3.8, 4) is 0 Å². The zero-order valence-corrected chi connectivity index (χ0v) is 16.3. The summed E-state index contributed by atoms with van der Waals surface area (Å²) in [7, 11) is 0. The monoisotopic (exact) mass is 373 g/mol. The zero-order valence-electron chi connectivity index (χ0n) is 16.3. The van der Waals surface area contributed by atoms with Crippen LogP contribution in [0.2, 0.25) is 0 Å². The Kier molecular flexibility index (Phi) is 5.40. The molecule has 5 heteroatoms. The second kappa shape index (κ2) is 7.78. The lowest BCUT2D eigenvalue weighted by molar-refractivity contribution is -0.128. The number of carbonyl (C=O) groups is 1. The predicted octanol–water partition coefficient (Wildman–Crippen LogP) is 3.37. The topological polar surface area (TPSA) is 58.4 Å². The first-order valence-electron chi connectivity index (χ1n) is 10.6. The van der Waals surface area contributed by atoms with Gasteiger partial charge in [0.2, 0.25) is 5.91 Å². The minimum absolute atomic E-state index is 0.128. The SMILES string of the molecule is Cc1cc(F)ccc1N1CCCC(NC(=O)C2CC3CCCC(C2)C3N)C1. The number of nitrogens with one attached hydrogen (secondary N) is 1. The Morgan fingerprint density at radius 2 is 1.93 bits per heavy atom. The van der Waals surface area contributed by atoms with Crippen LogP contribution in [0, 0.1) is 30.5 Å². The number of anilines is 1. The lowest BCUT2D eigenvalue weighted by Gasteiger charge is -2.44. The second-order valence-electron chi connectivity index (χ2n) is 8.92. The van der Waals surface area contributed by atoms with Gasteiger partial charge in [0.05, 0.1) is 0 Å². The molecule has 0 spiro atoms. The third kappa shape index (κ3) is 3.98. The summed E-state index contributed by atoms with van der Waals surface area (Å²) in [5.74, 6) is 1.21. The van der Waals surface area contributed by atoms with E-state index in [1.807, 2.05) is 13.0 Å². The van der Waals surface area contributed by atoms with Crippen molar-refractivity contribution in [1.82, 2.24) is 5.32 Å². The first-order valence-corrected chi connectivity index (χ1v) is 10.6. The van der Waals surface area contributed by atoms with Crippen LogP contribution in [0.5, 0.6) is 0 Å². The highest BCUT2D eigenvalue weighted by molar-refractivity contribution is 5.79. The van der Waals surface area contributed by atoms with Gasteiger partial charge in [-0.25, -0.2) is 4.39 Å². The summed E-state index contributed by atoms with van der Waals surface area (Å²) >= 11 is 0. The second-order valence-corrected chi connectivity index (χ2v) is 8.92. The normalized spacial score (nSPS) is 33.6. The summed E-state index contributed by atoms with van der Waals surface area (Å²) in [6.45, 7) is 3.71. The molecule has 2 bridgehead atoms. The van der Waals surface area contributed by atoms with Gasteiger partial charge in [0.25, 0.3) is 0 Å². The number of piperidine rings is 1. The number of hydrogen-bond donors (Lipinski definition) is 2. The van der Waals surface area contributed by atoms with E-state index in [4.69, 9.17) is 5.73 Å². The largest absolute Gasteiger partial charge is 0.369 e. The Morgan fingerprint density at radius 1 is 1.19 bits per heavy atom. The summed E-state index contributed by atoms with van der Waals surface area (Å²) in [6.07, 6.45) is 7.61. The molecule has 1 aliphatic heterocycles. The van der Waals surface area contributed by atoms with E-state index < -0.39 is 0 Å². The van der Waals surface area contributed by atoms with Gasteiger partial charge >= 0.3 is 0 Å². The van der Waals surface area contributed by atoms with Crippen LogP contribution < -0.4 is 16.0 Å². The fraction of sp³-hybridized carbons (Fsp3) is 0.682. The Bertz CT molecular complexity index is 680. The first-order chi connectivity index (χ1) is 13.0. The van der Waals surface area contributed by atoms with Crippen molar-refractivity contribution in [3.05, 3.63) is 29.6 Å². The molecule has 3 fully saturated rings. The van der Waals surface area contributed by atoms with Crippen molar-refractivity contribution in [2.45, 2.75) is 64.0 Å². The Hall–Kier alpha value is -1.62. The minimum atomic E-state index is -0.195. The Labute approximate surface area is 161 Å². The molecule has 2 saturated carbocycles. The minimum Gasteiger partial charge on any atom is -0.369 e. The van der Waals surface area contributed by atoms with E-state index in [-0.39, 0.29) is 23.7 Å². The molecule has 0 aromatic heterocycles. The molecule has 1 amide bonds. The maximum absolute atomic E-state index is 13.4. The molecular formula is C22H32FN3O. The van der Waals surface area contributed by atoms with Crippen molar-refractivity contribution >= 4 is 11.6 Å². The lowest BCUT2D eigenvalue weighted by Crippen LogP contribution is -2.53. The van der Waals surface area contributed by atoms with Crippen molar-refractivity contribution in [2.24, 2.45) is 23.5 Å². The number of benzene rings is 1. The molecule has 148 valence electrons. The highest BCUT2D eigenvalue weighted by Crippen LogP contribution is 2.42. The average molecular weight is 374 g/mol. The Balaban J connectivity index is 1.37. The van der Waals surface area contributed by atoms with Gasteiger partial charge in [0.1, 0.15) is 5.82 Å². The van der Waals surface area contributed by atoms with Gasteiger partial charge in [-0.15, -0.1) is 0 Å². The number of carbonyl (C=O) groups excluding carboxylic acids is 1. The predicted molar refractivity (Wildman–Crippen MR) is 106 cm³/mol.